The van der Waals surface area contributed by atoms with E-state index in [1.54, 1.807) is 12.1 Å². The molecular formula is C30H41FO. The standard InChI is InChI=1S/C30H41FO/c1-3-5-6-7-8-9-22-10-11-24-18-25(13-12-23(24)17-22)26-14-15-27-21-30(32-16-4-2)29(31)20-28(27)19-26/h4,14-15,19-25H,2-3,5-13,16-18H2,1H3. The third-order valence-corrected chi connectivity index (χ3v) is 8.18. The minimum Gasteiger partial charge on any atom is -0.486 e. The van der Waals surface area contributed by atoms with Crippen molar-refractivity contribution in [2.75, 3.05) is 6.61 Å². The maximum Gasteiger partial charge on any atom is 0.165 e. The van der Waals surface area contributed by atoms with Gasteiger partial charge in [0, 0.05) is 0 Å². The Bertz CT molecular complexity index is 888. The van der Waals surface area contributed by atoms with Gasteiger partial charge in [0.05, 0.1) is 0 Å². The van der Waals surface area contributed by atoms with E-state index in [-0.39, 0.29) is 5.82 Å². The fraction of sp³-hybridized carbons (Fsp3) is 0.600. The van der Waals surface area contributed by atoms with Crippen LogP contribution in [-0.4, -0.2) is 6.61 Å². The molecule has 2 aliphatic rings. The average molecular weight is 437 g/mol. The van der Waals surface area contributed by atoms with E-state index in [4.69, 9.17) is 4.74 Å². The summed E-state index contributed by atoms with van der Waals surface area (Å²) in [5.41, 5.74) is 1.40. The van der Waals surface area contributed by atoms with Crippen LogP contribution < -0.4 is 4.74 Å². The van der Waals surface area contributed by atoms with Crippen LogP contribution in [0.5, 0.6) is 5.75 Å². The molecule has 2 aromatic rings. The van der Waals surface area contributed by atoms with Gasteiger partial charge in [-0.1, -0.05) is 82.7 Å². The summed E-state index contributed by atoms with van der Waals surface area (Å²) in [6.07, 6.45) is 18.5. The fourth-order valence-electron chi connectivity index (χ4n) is 6.37. The smallest absolute Gasteiger partial charge is 0.165 e. The molecular weight excluding hydrogens is 395 g/mol. The van der Waals surface area contributed by atoms with E-state index < -0.39 is 0 Å². The van der Waals surface area contributed by atoms with Gasteiger partial charge in [-0.05, 0) is 84.2 Å². The van der Waals surface area contributed by atoms with Crippen molar-refractivity contribution < 1.29 is 9.13 Å². The molecule has 4 rings (SSSR count). The van der Waals surface area contributed by atoms with Crippen molar-refractivity contribution in [3.8, 4) is 5.75 Å². The highest BCUT2D eigenvalue weighted by atomic mass is 19.1. The second-order valence-electron chi connectivity index (χ2n) is 10.4. The Balaban J connectivity index is 1.34. The molecule has 2 fully saturated rings. The van der Waals surface area contributed by atoms with Gasteiger partial charge in [-0.2, -0.15) is 0 Å². The topological polar surface area (TPSA) is 9.23 Å². The molecule has 0 aliphatic heterocycles. The summed E-state index contributed by atoms with van der Waals surface area (Å²) in [5, 5.41) is 2.03. The number of unbranched alkanes of at least 4 members (excludes halogenated alkanes) is 4. The Labute approximate surface area is 194 Å². The lowest BCUT2D eigenvalue weighted by atomic mass is 9.63. The van der Waals surface area contributed by atoms with Gasteiger partial charge in [0.15, 0.2) is 11.6 Å². The summed E-state index contributed by atoms with van der Waals surface area (Å²) >= 11 is 0. The lowest BCUT2D eigenvalue weighted by Crippen LogP contribution is -2.30. The van der Waals surface area contributed by atoms with Crippen molar-refractivity contribution in [1.29, 1.82) is 0 Å². The summed E-state index contributed by atoms with van der Waals surface area (Å²) in [7, 11) is 0. The molecule has 4 atom stereocenters. The largest absolute Gasteiger partial charge is 0.486 e. The molecule has 1 nitrogen and oxygen atoms in total. The van der Waals surface area contributed by atoms with Crippen molar-refractivity contribution in [2.45, 2.75) is 89.9 Å². The number of halogens is 1. The maximum absolute atomic E-state index is 14.5. The van der Waals surface area contributed by atoms with Gasteiger partial charge >= 0.3 is 0 Å². The summed E-state index contributed by atoms with van der Waals surface area (Å²) in [6, 6.07) is 10.1. The number of hydrogen-bond donors (Lipinski definition) is 0. The van der Waals surface area contributed by atoms with Crippen LogP contribution in [0.4, 0.5) is 4.39 Å². The Kier molecular flexibility index (Phi) is 8.27. The first kappa shape index (κ1) is 23.3. The molecule has 0 spiro atoms. The number of hydrogen-bond acceptors (Lipinski definition) is 1. The molecule has 4 unspecified atom stereocenters. The van der Waals surface area contributed by atoms with Crippen LogP contribution in [0.1, 0.15) is 95.5 Å². The molecule has 0 aromatic heterocycles. The Morgan fingerprint density at radius 2 is 1.75 bits per heavy atom. The zero-order valence-electron chi connectivity index (χ0n) is 20.0. The van der Waals surface area contributed by atoms with Gasteiger partial charge < -0.3 is 4.74 Å². The molecule has 2 heteroatoms. The average Bonchev–Trinajstić information content (AvgIpc) is 2.82. The number of benzene rings is 2. The fourth-order valence-corrected chi connectivity index (χ4v) is 6.37. The van der Waals surface area contributed by atoms with Gasteiger partial charge in [0.2, 0.25) is 0 Å². The first-order valence-electron chi connectivity index (χ1n) is 13.1. The normalized spacial score (nSPS) is 25.4. The lowest BCUT2D eigenvalue weighted by Gasteiger charge is -2.42. The molecule has 0 heterocycles. The number of fused-ring (bicyclic) bond motifs is 2. The minimum absolute atomic E-state index is 0.284. The molecule has 32 heavy (non-hydrogen) atoms. The summed E-state index contributed by atoms with van der Waals surface area (Å²) in [5.74, 6) is 3.48. The highest BCUT2D eigenvalue weighted by molar-refractivity contribution is 5.84. The van der Waals surface area contributed by atoms with E-state index >= 15 is 0 Å². The molecule has 0 bridgehead atoms. The van der Waals surface area contributed by atoms with Gasteiger partial charge in [0.1, 0.15) is 6.61 Å². The van der Waals surface area contributed by atoms with Crippen molar-refractivity contribution in [2.24, 2.45) is 17.8 Å². The van der Waals surface area contributed by atoms with Gasteiger partial charge in [-0.15, -0.1) is 0 Å². The number of rotatable bonds is 10. The van der Waals surface area contributed by atoms with Crippen LogP contribution in [0, 0.1) is 23.6 Å². The van der Waals surface area contributed by atoms with E-state index in [0.717, 1.165) is 28.5 Å². The van der Waals surface area contributed by atoms with E-state index in [1.807, 2.05) is 6.07 Å². The Hall–Kier alpha value is -1.83. The summed E-state index contributed by atoms with van der Waals surface area (Å²) in [6.45, 7) is 6.26. The zero-order valence-corrected chi connectivity index (χ0v) is 20.0. The first-order valence-corrected chi connectivity index (χ1v) is 13.1. The van der Waals surface area contributed by atoms with Crippen molar-refractivity contribution in [3.05, 3.63) is 54.4 Å². The van der Waals surface area contributed by atoms with Crippen LogP contribution in [0.3, 0.4) is 0 Å². The second-order valence-corrected chi connectivity index (χ2v) is 10.4. The Morgan fingerprint density at radius 3 is 2.59 bits per heavy atom. The highest BCUT2D eigenvalue weighted by Crippen LogP contribution is 2.48. The predicted octanol–water partition coefficient (Wildman–Crippen LogP) is 9.20. The first-order chi connectivity index (χ1) is 15.7. The molecule has 0 N–H and O–H groups in total. The minimum atomic E-state index is -0.284. The van der Waals surface area contributed by atoms with Crippen LogP contribution in [0.25, 0.3) is 10.8 Å². The third kappa shape index (κ3) is 5.74. The lowest BCUT2D eigenvalue weighted by molar-refractivity contribution is 0.113. The van der Waals surface area contributed by atoms with Crippen molar-refractivity contribution >= 4 is 10.8 Å². The highest BCUT2D eigenvalue weighted by Gasteiger charge is 2.35. The van der Waals surface area contributed by atoms with Crippen LogP contribution >= 0.6 is 0 Å². The molecule has 2 aromatic carbocycles. The number of ether oxygens (including phenoxy) is 1. The molecule has 0 amide bonds. The van der Waals surface area contributed by atoms with E-state index in [9.17, 15) is 4.39 Å². The van der Waals surface area contributed by atoms with Crippen molar-refractivity contribution in [1.82, 2.24) is 0 Å². The van der Waals surface area contributed by atoms with Crippen LogP contribution in [-0.2, 0) is 0 Å². The second kappa shape index (κ2) is 11.3. The third-order valence-electron chi connectivity index (χ3n) is 8.18. The van der Waals surface area contributed by atoms with Crippen molar-refractivity contribution in [3.63, 3.8) is 0 Å². The maximum atomic E-state index is 14.5. The van der Waals surface area contributed by atoms with Gasteiger partial charge in [-0.25, -0.2) is 4.39 Å². The van der Waals surface area contributed by atoms with E-state index in [2.05, 4.69) is 31.7 Å². The monoisotopic (exact) mass is 436 g/mol. The molecule has 2 aliphatic carbocycles. The van der Waals surface area contributed by atoms with Gasteiger partial charge in [0.25, 0.3) is 0 Å². The van der Waals surface area contributed by atoms with E-state index in [1.165, 1.54) is 82.6 Å². The molecule has 0 radical (unpaired) electrons. The SMILES string of the molecule is C=CCOc1cc2ccc(C3CCC4CC(CCCCCCC)CCC4C3)cc2cc1F. The molecule has 0 saturated heterocycles. The molecule has 2 saturated carbocycles. The van der Waals surface area contributed by atoms with Crippen LogP contribution in [0.15, 0.2) is 43.0 Å². The Morgan fingerprint density at radius 1 is 0.938 bits per heavy atom. The summed E-state index contributed by atoms with van der Waals surface area (Å²) < 4.78 is 19.9. The van der Waals surface area contributed by atoms with Crippen LogP contribution in [0.2, 0.25) is 0 Å². The molecule has 174 valence electrons. The van der Waals surface area contributed by atoms with Gasteiger partial charge in [-0.3, -0.25) is 0 Å². The zero-order chi connectivity index (χ0) is 22.3. The quantitative estimate of drug-likeness (QED) is 0.266. The summed E-state index contributed by atoms with van der Waals surface area (Å²) in [4.78, 5) is 0. The van der Waals surface area contributed by atoms with E-state index in [0.29, 0.717) is 18.3 Å². The predicted molar refractivity (Wildman–Crippen MR) is 134 cm³/mol.